The average molecular weight is 280 g/mol. The van der Waals surface area contributed by atoms with E-state index in [1.807, 2.05) is 12.2 Å². The molecule has 1 heteroatoms. The first-order chi connectivity index (χ1) is 9.59. The minimum atomic E-state index is 0.939. The topological polar surface area (TPSA) is 9.23 Å². The van der Waals surface area contributed by atoms with Gasteiger partial charge in [0, 0.05) is 6.42 Å². The minimum absolute atomic E-state index is 0.939. The first-order valence-corrected chi connectivity index (χ1v) is 8.15. The molecule has 0 saturated heterocycles. The quantitative estimate of drug-likeness (QED) is 0.338. The van der Waals surface area contributed by atoms with Crippen LogP contribution in [-0.4, -0.2) is 7.11 Å². The van der Waals surface area contributed by atoms with E-state index in [1.165, 1.54) is 24.8 Å². The number of methoxy groups -OCH3 is 1. The molecule has 0 aliphatic carbocycles. The molecule has 0 aromatic carbocycles. The van der Waals surface area contributed by atoms with Gasteiger partial charge >= 0.3 is 0 Å². The first-order valence-electron chi connectivity index (χ1n) is 8.15. The van der Waals surface area contributed by atoms with Crippen LogP contribution in [0.25, 0.3) is 0 Å². The smallest absolute Gasteiger partial charge is 0.0955 e. The van der Waals surface area contributed by atoms with Crippen LogP contribution in [0, 0.1) is 5.92 Å². The van der Waals surface area contributed by atoms with E-state index in [0.29, 0.717) is 0 Å². The van der Waals surface area contributed by atoms with Crippen molar-refractivity contribution >= 4 is 0 Å². The fourth-order valence-corrected chi connectivity index (χ4v) is 1.85. The summed E-state index contributed by atoms with van der Waals surface area (Å²) in [6, 6.07) is 0. The Morgan fingerprint density at radius 1 is 1.15 bits per heavy atom. The molecule has 0 spiro atoms. The molecule has 0 amide bonds. The molecule has 1 atom stereocenters. The summed E-state index contributed by atoms with van der Waals surface area (Å²) >= 11 is 0. The van der Waals surface area contributed by atoms with Crippen LogP contribution in [0.3, 0.4) is 0 Å². The van der Waals surface area contributed by atoms with Gasteiger partial charge in [-0.05, 0) is 24.0 Å². The Balaban J connectivity index is 0. The minimum Gasteiger partial charge on any atom is -0.501 e. The first kappa shape index (κ1) is 21.3. The molecule has 0 fully saturated rings. The van der Waals surface area contributed by atoms with Gasteiger partial charge in [-0.3, -0.25) is 0 Å². The van der Waals surface area contributed by atoms with Gasteiger partial charge in [0.05, 0.1) is 12.9 Å². The lowest BCUT2D eigenvalue weighted by Gasteiger charge is -2.04. The molecular weight excluding hydrogens is 244 g/mol. The van der Waals surface area contributed by atoms with Gasteiger partial charge in [-0.1, -0.05) is 79.0 Å². The monoisotopic (exact) mass is 280 g/mol. The van der Waals surface area contributed by atoms with Crippen LogP contribution in [-0.2, 0) is 4.74 Å². The third kappa shape index (κ3) is 13.5. The summed E-state index contributed by atoms with van der Waals surface area (Å²) in [5.74, 6) is 1.98. The van der Waals surface area contributed by atoms with Gasteiger partial charge < -0.3 is 4.74 Å². The molecule has 1 nitrogen and oxygen atoms in total. The number of ether oxygens (including phenoxy) is 1. The summed E-state index contributed by atoms with van der Waals surface area (Å²) in [5.41, 5.74) is 1.29. The Hall–Kier alpha value is -0.980. The Bertz CT molecular complexity index is 267. The summed E-state index contributed by atoms with van der Waals surface area (Å²) in [5, 5.41) is 0. The van der Waals surface area contributed by atoms with Crippen LogP contribution in [0.2, 0.25) is 0 Å². The van der Waals surface area contributed by atoms with Crippen LogP contribution in [0.5, 0.6) is 0 Å². The molecule has 0 aliphatic heterocycles. The van der Waals surface area contributed by atoms with E-state index in [1.54, 1.807) is 7.11 Å². The van der Waals surface area contributed by atoms with Crippen molar-refractivity contribution in [2.24, 2.45) is 5.92 Å². The summed E-state index contributed by atoms with van der Waals surface area (Å²) in [6.45, 7) is 14.8. The van der Waals surface area contributed by atoms with E-state index < -0.39 is 0 Å². The van der Waals surface area contributed by atoms with E-state index in [4.69, 9.17) is 4.74 Å². The van der Waals surface area contributed by atoms with E-state index in [2.05, 4.69) is 47.3 Å². The Morgan fingerprint density at radius 2 is 1.80 bits per heavy atom. The average Bonchev–Trinajstić information content (AvgIpc) is 2.46. The number of hydrogen-bond donors (Lipinski definition) is 0. The summed E-state index contributed by atoms with van der Waals surface area (Å²) in [7, 11) is 1.72. The van der Waals surface area contributed by atoms with Crippen molar-refractivity contribution < 1.29 is 4.74 Å². The van der Waals surface area contributed by atoms with Gasteiger partial charge in [0.25, 0.3) is 0 Å². The lowest BCUT2D eigenvalue weighted by atomic mass is 10.0. The molecule has 0 aliphatic rings. The molecule has 0 aromatic rings. The normalized spacial score (nSPS) is 13.3. The fraction of sp³-hybridized carbons (Fsp3) is 0.684. The van der Waals surface area contributed by atoms with Crippen LogP contribution in [0.15, 0.2) is 36.1 Å². The Morgan fingerprint density at radius 3 is 2.10 bits per heavy atom. The van der Waals surface area contributed by atoms with Crippen molar-refractivity contribution in [3.63, 3.8) is 0 Å². The van der Waals surface area contributed by atoms with Crippen molar-refractivity contribution in [2.75, 3.05) is 7.11 Å². The van der Waals surface area contributed by atoms with E-state index >= 15 is 0 Å². The SMILES string of the molecule is C=C/C=C(\C=C(/CC)OC)CCC.CCCC(C)CC. The van der Waals surface area contributed by atoms with Gasteiger partial charge in [0.1, 0.15) is 0 Å². The Labute approximate surface area is 127 Å². The lowest BCUT2D eigenvalue weighted by molar-refractivity contribution is 0.280. The second-order valence-corrected chi connectivity index (χ2v) is 5.20. The Kier molecular flexibility index (Phi) is 17.1. The molecule has 0 bridgehead atoms. The van der Waals surface area contributed by atoms with Gasteiger partial charge in [-0.2, -0.15) is 0 Å². The van der Waals surface area contributed by atoms with Crippen LogP contribution >= 0.6 is 0 Å². The third-order valence-electron chi connectivity index (χ3n) is 3.31. The molecule has 0 N–H and O–H groups in total. The number of hydrogen-bond acceptors (Lipinski definition) is 1. The van der Waals surface area contributed by atoms with E-state index in [9.17, 15) is 0 Å². The zero-order valence-electron chi connectivity index (χ0n) is 14.7. The molecule has 1 unspecified atom stereocenters. The van der Waals surface area contributed by atoms with Crippen molar-refractivity contribution in [1.82, 2.24) is 0 Å². The highest BCUT2D eigenvalue weighted by atomic mass is 16.5. The van der Waals surface area contributed by atoms with E-state index in [0.717, 1.165) is 30.9 Å². The van der Waals surface area contributed by atoms with Crippen molar-refractivity contribution in [3.8, 4) is 0 Å². The lowest BCUT2D eigenvalue weighted by Crippen LogP contribution is -1.88. The predicted molar refractivity (Wildman–Crippen MR) is 92.9 cm³/mol. The maximum absolute atomic E-state index is 5.21. The summed E-state index contributed by atoms with van der Waals surface area (Å²) in [6.07, 6.45) is 13.2. The second-order valence-electron chi connectivity index (χ2n) is 5.20. The largest absolute Gasteiger partial charge is 0.501 e. The van der Waals surface area contributed by atoms with Gasteiger partial charge in [-0.25, -0.2) is 0 Å². The molecule has 0 heterocycles. The highest BCUT2D eigenvalue weighted by Crippen LogP contribution is 2.12. The van der Waals surface area contributed by atoms with Gasteiger partial charge in [0.15, 0.2) is 0 Å². The molecule has 0 radical (unpaired) electrons. The summed E-state index contributed by atoms with van der Waals surface area (Å²) in [4.78, 5) is 0. The molecule has 20 heavy (non-hydrogen) atoms. The maximum atomic E-state index is 5.21. The van der Waals surface area contributed by atoms with Gasteiger partial charge in [0.2, 0.25) is 0 Å². The van der Waals surface area contributed by atoms with Crippen LogP contribution in [0.1, 0.15) is 73.1 Å². The van der Waals surface area contributed by atoms with Crippen molar-refractivity contribution in [1.29, 1.82) is 0 Å². The van der Waals surface area contributed by atoms with Crippen LogP contribution in [0.4, 0.5) is 0 Å². The third-order valence-corrected chi connectivity index (χ3v) is 3.31. The molecule has 0 saturated carbocycles. The second kappa shape index (κ2) is 16.1. The highest BCUT2D eigenvalue weighted by molar-refractivity contribution is 5.24. The van der Waals surface area contributed by atoms with E-state index in [-0.39, 0.29) is 0 Å². The molecule has 0 aromatic heterocycles. The maximum Gasteiger partial charge on any atom is 0.0955 e. The van der Waals surface area contributed by atoms with Crippen molar-refractivity contribution in [2.45, 2.75) is 73.1 Å². The van der Waals surface area contributed by atoms with Crippen LogP contribution < -0.4 is 0 Å². The number of allylic oxidation sites excluding steroid dienone is 5. The molecular formula is C19H36O. The molecule has 0 rings (SSSR count). The fourth-order valence-electron chi connectivity index (χ4n) is 1.85. The number of rotatable bonds is 9. The predicted octanol–water partition coefficient (Wildman–Crippen LogP) is 6.67. The van der Waals surface area contributed by atoms with Crippen molar-refractivity contribution in [3.05, 3.63) is 36.1 Å². The zero-order valence-corrected chi connectivity index (χ0v) is 14.7. The summed E-state index contributed by atoms with van der Waals surface area (Å²) < 4.78 is 5.21. The highest BCUT2D eigenvalue weighted by Gasteiger charge is 1.95. The zero-order chi connectivity index (χ0) is 15.8. The standard InChI is InChI=1S/C12H20O.C7H16/c1-5-8-11(9-6-2)10-12(7-3)13-4;1-4-6-7(3)5-2/h5,8,10H,1,6-7,9H2,2-4H3;7H,4-6H2,1-3H3/b11-8-,12-10+;. The molecule has 118 valence electrons. The van der Waals surface area contributed by atoms with Gasteiger partial charge in [-0.15, -0.1) is 0 Å².